The minimum atomic E-state index is 0.639. The van der Waals surface area contributed by atoms with Gasteiger partial charge in [0.05, 0.1) is 20.8 Å². The van der Waals surface area contributed by atoms with Crippen molar-refractivity contribution in [3.05, 3.63) is 59.2 Å². The first-order chi connectivity index (χ1) is 10.8. The standard InChI is InChI=1S/C18H23NO3/c1-20-13-15-6-4-5-14(9-15)11-19-12-16-7-8-17(21-2)10-18(16)22-3/h4-10,19H,11-13H2,1-3H3. The lowest BCUT2D eigenvalue weighted by Crippen LogP contribution is -2.13. The maximum Gasteiger partial charge on any atom is 0.127 e. The number of methoxy groups -OCH3 is 3. The summed E-state index contributed by atoms with van der Waals surface area (Å²) in [4.78, 5) is 0. The molecule has 0 radical (unpaired) electrons. The molecule has 2 aromatic rings. The van der Waals surface area contributed by atoms with Crippen LogP contribution >= 0.6 is 0 Å². The van der Waals surface area contributed by atoms with Gasteiger partial charge in [0.2, 0.25) is 0 Å². The molecule has 0 saturated carbocycles. The molecular weight excluding hydrogens is 278 g/mol. The molecule has 118 valence electrons. The monoisotopic (exact) mass is 301 g/mol. The highest BCUT2D eigenvalue weighted by molar-refractivity contribution is 5.40. The second-order valence-electron chi connectivity index (χ2n) is 5.03. The van der Waals surface area contributed by atoms with Crippen LogP contribution in [0, 0.1) is 0 Å². The summed E-state index contributed by atoms with van der Waals surface area (Å²) >= 11 is 0. The van der Waals surface area contributed by atoms with E-state index in [2.05, 4.69) is 29.6 Å². The molecule has 1 N–H and O–H groups in total. The van der Waals surface area contributed by atoms with E-state index in [0.717, 1.165) is 30.2 Å². The zero-order valence-electron chi connectivity index (χ0n) is 13.4. The van der Waals surface area contributed by atoms with E-state index in [1.807, 2.05) is 18.2 Å². The van der Waals surface area contributed by atoms with Gasteiger partial charge in [-0.3, -0.25) is 0 Å². The van der Waals surface area contributed by atoms with E-state index in [1.54, 1.807) is 21.3 Å². The molecular formula is C18H23NO3. The Kier molecular flexibility index (Phi) is 6.25. The van der Waals surface area contributed by atoms with Crippen molar-refractivity contribution in [1.29, 1.82) is 0 Å². The van der Waals surface area contributed by atoms with Gasteiger partial charge in [-0.15, -0.1) is 0 Å². The van der Waals surface area contributed by atoms with Gasteiger partial charge in [0.1, 0.15) is 11.5 Å². The lowest BCUT2D eigenvalue weighted by atomic mass is 10.1. The molecule has 0 aliphatic rings. The summed E-state index contributed by atoms with van der Waals surface area (Å²) in [5.41, 5.74) is 3.53. The average Bonchev–Trinajstić information content (AvgIpc) is 2.56. The summed E-state index contributed by atoms with van der Waals surface area (Å²) in [5.74, 6) is 1.63. The van der Waals surface area contributed by atoms with Crippen LogP contribution in [0.1, 0.15) is 16.7 Å². The summed E-state index contributed by atoms with van der Waals surface area (Å²) in [6, 6.07) is 14.2. The van der Waals surface area contributed by atoms with E-state index in [0.29, 0.717) is 6.61 Å². The zero-order chi connectivity index (χ0) is 15.8. The van der Waals surface area contributed by atoms with Crippen LogP contribution in [0.15, 0.2) is 42.5 Å². The predicted octanol–water partition coefficient (Wildman–Crippen LogP) is 3.14. The Morgan fingerprint density at radius 1 is 0.864 bits per heavy atom. The molecule has 0 spiro atoms. The van der Waals surface area contributed by atoms with Crippen LogP contribution in [-0.4, -0.2) is 21.3 Å². The lowest BCUT2D eigenvalue weighted by molar-refractivity contribution is 0.185. The molecule has 0 unspecified atom stereocenters. The quantitative estimate of drug-likeness (QED) is 0.813. The molecule has 0 aromatic heterocycles. The van der Waals surface area contributed by atoms with Crippen molar-refractivity contribution in [2.24, 2.45) is 0 Å². The van der Waals surface area contributed by atoms with Crippen molar-refractivity contribution in [3.63, 3.8) is 0 Å². The van der Waals surface area contributed by atoms with Gasteiger partial charge in [0.15, 0.2) is 0 Å². The molecule has 2 aromatic carbocycles. The fourth-order valence-corrected chi connectivity index (χ4v) is 2.34. The molecule has 0 fully saturated rings. The molecule has 0 bridgehead atoms. The van der Waals surface area contributed by atoms with E-state index in [-0.39, 0.29) is 0 Å². The van der Waals surface area contributed by atoms with E-state index in [1.165, 1.54) is 11.1 Å². The number of benzene rings is 2. The van der Waals surface area contributed by atoms with Crippen molar-refractivity contribution >= 4 is 0 Å². The largest absolute Gasteiger partial charge is 0.497 e. The van der Waals surface area contributed by atoms with Crippen LogP contribution in [0.3, 0.4) is 0 Å². The van der Waals surface area contributed by atoms with Gasteiger partial charge in [0.25, 0.3) is 0 Å². The molecule has 0 aliphatic carbocycles. The van der Waals surface area contributed by atoms with Crippen LogP contribution in [-0.2, 0) is 24.4 Å². The Morgan fingerprint density at radius 3 is 2.41 bits per heavy atom. The third-order valence-electron chi connectivity index (χ3n) is 3.44. The highest BCUT2D eigenvalue weighted by Crippen LogP contribution is 2.24. The van der Waals surface area contributed by atoms with Gasteiger partial charge in [0, 0.05) is 31.8 Å². The SMILES string of the molecule is COCc1cccc(CNCc2ccc(OC)cc2OC)c1. The summed E-state index contributed by atoms with van der Waals surface area (Å²) in [5, 5.41) is 3.44. The molecule has 4 nitrogen and oxygen atoms in total. The van der Waals surface area contributed by atoms with Crippen molar-refractivity contribution in [1.82, 2.24) is 5.32 Å². The second kappa shape index (κ2) is 8.41. The molecule has 4 heteroatoms. The van der Waals surface area contributed by atoms with Gasteiger partial charge in [-0.05, 0) is 17.2 Å². The Labute approximate surface area is 132 Å². The van der Waals surface area contributed by atoms with Gasteiger partial charge in [-0.25, -0.2) is 0 Å². The van der Waals surface area contributed by atoms with Crippen molar-refractivity contribution < 1.29 is 14.2 Å². The Bertz CT molecular complexity index is 599. The normalized spacial score (nSPS) is 10.5. The Balaban J connectivity index is 1.94. The summed E-state index contributed by atoms with van der Waals surface area (Å²) < 4.78 is 15.8. The van der Waals surface area contributed by atoms with Crippen molar-refractivity contribution in [2.45, 2.75) is 19.7 Å². The first-order valence-corrected chi connectivity index (χ1v) is 7.25. The van der Waals surface area contributed by atoms with Crippen LogP contribution in [0.4, 0.5) is 0 Å². The van der Waals surface area contributed by atoms with Gasteiger partial charge in [-0.2, -0.15) is 0 Å². The van der Waals surface area contributed by atoms with E-state index in [4.69, 9.17) is 14.2 Å². The van der Waals surface area contributed by atoms with Crippen LogP contribution < -0.4 is 14.8 Å². The van der Waals surface area contributed by atoms with Gasteiger partial charge in [-0.1, -0.05) is 30.3 Å². The molecule has 0 atom stereocenters. The molecule has 0 amide bonds. The van der Waals surface area contributed by atoms with Gasteiger partial charge < -0.3 is 19.5 Å². The lowest BCUT2D eigenvalue weighted by Gasteiger charge is -2.11. The maximum absolute atomic E-state index is 5.41. The first kappa shape index (κ1) is 16.3. The number of rotatable bonds is 8. The minimum Gasteiger partial charge on any atom is -0.497 e. The molecule has 22 heavy (non-hydrogen) atoms. The smallest absolute Gasteiger partial charge is 0.127 e. The fraction of sp³-hybridized carbons (Fsp3) is 0.333. The molecule has 0 saturated heterocycles. The number of nitrogens with one attached hydrogen (secondary N) is 1. The van der Waals surface area contributed by atoms with Crippen molar-refractivity contribution in [3.8, 4) is 11.5 Å². The predicted molar refractivity (Wildman–Crippen MR) is 87.2 cm³/mol. The maximum atomic E-state index is 5.41. The minimum absolute atomic E-state index is 0.639. The summed E-state index contributed by atoms with van der Waals surface area (Å²) in [6.45, 7) is 2.18. The fourth-order valence-electron chi connectivity index (χ4n) is 2.34. The number of hydrogen-bond acceptors (Lipinski definition) is 4. The van der Waals surface area contributed by atoms with Crippen LogP contribution in [0.2, 0.25) is 0 Å². The number of hydrogen-bond donors (Lipinski definition) is 1. The van der Waals surface area contributed by atoms with E-state index < -0.39 is 0 Å². The van der Waals surface area contributed by atoms with Crippen molar-refractivity contribution in [2.75, 3.05) is 21.3 Å². The Hall–Kier alpha value is -2.04. The highest BCUT2D eigenvalue weighted by Gasteiger charge is 2.05. The highest BCUT2D eigenvalue weighted by atomic mass is 16.5. The number of ether oxygens (including phenoxy) is 3. The van der Waals surface area contributed by atoms with Gasteiger partial charge >= 0.3 is 0 Å². The molecule has 2 rings (SSSR count). The third kappa shape index (κ3) is 4.48. The first-order valence-electron chi connectivity index (χ1n) is 7.25. The Morgan fingerprint density at radius 2 is 1.68 bits per heavy atom. The average molecular weight is 301 g/mol. The van der Waals surface area contributed by atoms with E-state index >= 15 is 0 Å². The summed E-state index contributed by atoms with van der Waals surface area (Å²) in [6.07, 6.45) is 0. The summed E-state index contributed by atoms with van der Waals surface area (Å²) in [7, 11) is 5.03. The molecule has 0 aliphatic heterocycles. The second-order valence-corrected chi connectivity index (χ2v) is 5.03. The van der Waals surface area contributed by atoms with Crippen LogP contribution in [0.25, 0.3) is 0 Å². The third-order valence-corrected chi connectivity index (χ3v) is 3.44. The molecule has 0 heterocycles. The van der Waals surface area contributed by atoms with Crippen LogP contribution in [0.5, 0.6) is 11.5 Å². The topological polar surface area (TPSA) is 39.7 Å². The van der Waals surface area contributed by atoms with E-state index in [9.17, 15) is 0 Å². The zero-order valence-corrected chi connectivity index (χ0v) is 13.4.